The van der Waals surface area contributed by atoms with Gasteiger partial charge in [-0.15, -0.1) is 0 Å². The molecule has 1 N–H and O–H groups in total. The number of ether oxygens (including phenoxy) is 1. The van der Waals surface area contributed by atoms with Gasteiger partial charge in [-0.1, -0.05) is 6.92 Å². The largest absolute Gasteiger partial charge is 0.475 e. The van der Waals surface area contributed by atoms with Crippen LogP contribution >= 0.6 is 0 Å². The van der Waals surface area contributed by atoms with Crippen molar-refractivity contribution in [2.45, 2.75) is 33.3 Å². The van der Waals surface area contributed by atoms with Gasteiger partial charge in [-0.05, 0) is 20.3 Å². The van der Waals surface area contributed by atoms with Gasteiger partial charge in [-0.25, -0.2) is 4.98 Å². The van der Waals surface area contributed by atoms with Gasteiger partial charge in [0.25, 0.3) is 0 Å². The predicted octanol–water partition coefficient (Wildman–Crippen LogP) is 2.00. The van der Waals surface area contributed by atoms with Crippen LogP contribution < -0.4 is 10.1 Å². The van der Waals surface area contributed by atoms with E-state index in [2.05, 4.69) is 22.2 Å². The van der Waals surface area contributed by atoms with E-state index in [1.165, 1.54) is 0 Å². The summed E-state index contributed by atoms with van der Waals surface area (Å²) in [6, 6.07) is 1.80. The molecule has 0 saturated heterocycles. The van der Waals surface area contributed by atoms with E-state index >= 15 is 0 Å². The van der Waals surface area contributed by atoms with Crippen molar-refractivity contribution in [1.82, 2.24) is 9.97 Å². The zero-order valence-corrected chi connectivity index (χ0v) is 9.16. The monoisotopic (exact) mass is 195 g/mol. The fraction of sp³-hybridized carbons (Fsp3) is 0.600. The average molecular weight is 195 g/mol. The minimum absolute atomic E-state index is 0.189. The molecule has 0 radical (unpaired) electrons. The second-order valence-electron chi connectivity index (χ2n) is 3.23. The summed E-state index contributed by atoms with van der Waals surface area (Å²) in [6.45, 7) is 5.96. The van der Waals surface area contributed by atoms with E-state index in [1.54, 1.807) is 6.07 Å². The molecule has 78 valence electrons. The number of anilines is 1. The van der Waals surface area contributed by atoms with E-state index in [-0.39, 0.29) is 6.10 Å². The van der Waals surface area contributed by atoms with Crippen LogP contribution in [-0.2, 0) is 0 Å². The van der Waals surface area contributed by atoms with Gasteiger partial charge >= 0.3 is 0 Å². The molecular weight excluding hydrogens is 178 g/mol. The molecule has 0 aliphatic heterocycles. The smallest absolute Gasteiger partial charge is 0.218 e. The van der Waals surface area contributed by atoms with Crippen LogP contribution in [0.2, 0.25) is 0 Å². The number of rotatable bonds is 4. The first kappa shape index (κ1) is 10.8. The predicted molar refractivity (Wildman–Crippen MR) is 56.7 cm³/mol. The van der Waals surface area contributed by atoms with Gasteiger partial charge in [0.15, 0.2) is 0 Å². The molecular formula is C10H17N3O. The Bertz CT molecular complexity index is 301. The Morgan fingerprint density at radius 2 is 2.21 bits per heavy atom. The molecule has 1 aromatic heterocycles. The lowest BCUT2D eigenvalue weighted by atomic mass is 10.3. The van der Waals surface area contributed by atoms with Gasteiger partial charge in [0.2, 0.25) is 5.88 Å². The Kier molecular flexibility index (Phi) is 3.68. The van der Waals surface area contributed by atoms with Crippen LogP contribution in [0.25, 0.3) is 0 Å². The molecule has 1 aromatic rings. The van der Waals surface area contributed by atoms with Crippen molar-refractivity contribution in [2.75, 3.05) is 12.4 Å². The normalized spacial score (nSPS) is 12.3. The maximum absolute atomic E-state index is 5.60. The van der Waals surface area contributed by atoms with Crippen molar-refractivity contribution in [3.63, 3.8) is 0 Å². The third-order valence-electron chi connectivity index (χ3n) is 1.97. The summed E-state index contributed by atoms with van der Waals surface area (Å²) in [5.74, 6) is 2.14. The van der Waals surface area contributed by atoms with Crippen molar-refractivity contribution in [3.05, 3.63) is 11.9 Å². The van der Waals surface area contributed by atoms with E-state index in [4.69, 9.17) is 4.74 Å². The molecule has 0 fully saturated rings. The zero-order valence-electron chi connectivity index (χ0n) is 9.16. The fourth-order valence-electron chi connectivity index (χ4n) is 1.02. The van der Waals surface area contributed by atoms with Gasteiger partial charge < -0.3 is 10.1 Å². The Balaban J connectivity index is 2.81. The van der Waals surface area contributed by atoms with E-state index in [0.717, 1.165) is 18.1 Å². The number of aromatic nitrogens is 2. The summed E-state index contributed by atoms with van der Waals surface area (Å²) in [5.41, 5.74) is 0. The standard InChI is InChI=1S/C10H17N3O/c1-5-7(2)14-10-6-9(11-4)12-8(3)13-10/h6-7H,5H2,1-4H3,(H,11,12,13). The minimum atomic E-state index is 0.189. The lowest BCUT2D eigenvalue weighted by Crippen LogP contribution is -2.11. The highest BCUT2D eigenvalue weighted by atomic mass is 16.5. The van der Waals surface area contributed by atoms with Gasteiger partial charge in [0.1, 0.15) is 11.6 Å². The number of hydrogen-bond acceptors (Lipinski definition) is 4. The first-order chi connectivity index (χ1) is 6.65. The average Bonchev–Trinajstić information content (AvgIpc) is 2.16. The first-order valence-electron chi connectivity index (χ1n) is 4.85. The van der Waals surface area contributed by atoms with Gasteiger partial charge in [-0.2, -0.15) is 4.98 Å². The summed E-state index contributed by atoms with van der Waals surface area (Å²) >= 11 is 0. The molecule has 0 aliphatic rings. The third kappa shape index (κ3) is 2.87. The van der Waals surface area contributed by atoms with Crippen molar-refractivity contribution in [2.24, 2.45) is 0 Å². The van der Waals surface area contributed by atoms with E-state index in [1.807, 2.05) is 20.9 Å². The number of nitrogens with zero attached hydrogens (tertiary/aromatic N) is 2. The zero-order chi connectivity index (χ0) is 10.6. The number of aryl methyl sites for hydroxylation is 1. The SMILES string of the molecule is CCC(C)Oc1cc(NC)nc(C)n1. The van der Waals surface area contributed by atoms with E-state index < -0.39 is 0 Å². The quantitative estimate of drug-likeness (QED) is 0.798. The summed E-state index contributed by atoms with van der Waals surface area (Å²) in [7, 11) is 1.83. The van der Waals surface area contributed by atoms with Crippen LogP contribution in [0.4, 0.5) is 5.82 Å². The van der Waals surface area contributed by atoms with Gasteiger partial charge in [-0.3, -0.25) is 0 Å². The highest BCUT2D eigenvalue weighted by Crippen LogP contribution is 2.14. The molecule has 4 nitrogen and oxygen atoms in total. The van der Waals surface area contributed by atoms with Crippen molar-refractivity contribution in [1.29, 1.82) is 0 Å². The summed E-state index contributed by atoms with van der Waals surface area (Å²) in [6.07, 6.45) is 1.16. The lowest BCUT2D eigenvalue weighted by Gasteiger charge is -2.12. The molecule has 0 aromatic carbocycles. The van der Waals surface area contributed by atoms with E-state index in [9.17, 15) is 0 Å². The van der Waals surface area contributed by atoms with Crippen molar-refractivity contribution in [3.8, 4) is 5.88 Å². The summed E-state index contributed by atoms with van der Waals surface area (Å²) < 4.78 is 5.60. The minimum Gasteiger partial charge on any atom is -0.475 e. The van der Waals surface area contributed by atoms with Crippen LogP contribution in [0.1, 0.15) is 26.1 Å². The number of hydrogen-bond donors (Lipinski definition) is 1. The molecule has 4 heteroatoms. The highest BCUT2D eigenvalue weighted by molar-refractivity contribution is 5.37. The molecule has 0 aliphatic carbocycles. The molecule has 1 unspecified atom stereocenters. The molecule has 0 saturated carbocycles. The van der Waals surface area contributed by atoms with E-state index in [0.29, 0.717) is 5.88 Å². The fourth-order valence-corrected chi connectivity index (χ4v) is 1.02. The maximum Gasteiger partial charge on any atom is 0.218 e. The molecule has 0 amide bonds. The first-order valence-corrected chi connectivity index (χ1v) is 4.85. The van der Waals surface area contributed by atoms with Gasteiger partial charge in [0, 0.05) is 13.1 Å². The van der Waals surface area contributed by atoms with Crippen LogP contribution in [0.5, 0.6) is 5.88 Å². The molecule has 1 heterocycles. The van der Waals surface area contributed by atoms with Crippen LogP contribution in [-0.4, -0.2) is 23.1 Å². The Labute approximate surface area is 84.7 Å². The Morgan fingerprint density at radius 3 is 2.79 bits per heavy atom. The second kappa shape index (κ2) is 4.79. The lowest BCUT2D eigenvalue weighted by molar-refractivity contribution is 0.208. The molecule has 1 rings (SSSR count). The molecule has 1 atom stereocenters. The molecule has 0 bridgehead atoms. The topological polar surface area (TPSA) is 47.0 Å². The van der Waals surface area contributed by atoms with Crippen molar-refractivity contribution >= 4 is 5.82 Å². The second-order valence-corrected chi connectivity index (χ2v) is 3.23. The van der Waals surface area contributed by atoms with Crippen LogP contribution in [0, 0.1) is 6.92 Å². The highest BCUT2D eigenvalue weighted by Gasteiger charge is 2.05. The van der Waals surface area contributed by atoms with Crippen LogP contribution in [0.15, 0.2) is 6.07 Å². The third-order valence-corrected chi connectivity index (χ3v) is 1.97. The van der Waals surface area contributed by atoms with Gasteiger partial charge in [0.05, 0.1) is 6.10 Å². The summed E-state index contributed by atoms with van der Waals surface area (Å²) in [5, 5.41) is 2.97. The van der Waals surface area contributed by atoms with Crippen LogP contribution in [0.3, 0.4) is 0 Å². The molecule has 0 spiro atoms. The summed E-state index contributed by atoms with van der Waals surface area (Å²) in [4.78, 5) is 8.38. The molecule has 14 heavy (non-hydrogen) atoms. The maximum atomic E-state index is 5.60. The van der Waals surface area contributed by atoms with Crippen molar-refractivity contribution < 1.29 is 4.74 Å². The Hall–Kier alpha value is -1.32. The Morgan fingerprint density at radius 1 is 1.50 bits per heavy atom. The number of nitrogens with one attached hydrogen (secondary N) is 1.